The number of benzene rings is 10. The summed E-state index contributed by atoms with van der Waals surface area (Å²) < 4.78 is 2.49. The van der Waals surface area contributed by atoms with E-state index in [1.165, 1.54) is 71.5 Å². The van der Waals surface area contributed by atoms with E-state index in [4.69, 9.17) is 0 Å². The molecule has 0 spiro atoms. The molecule has 0 atom stereocenters. The Morgan fingerprint density at radius 3 is 1.33 bits per heavy atom. The molecule has 2 heteroatoms. The van der Waals surface area contributed by atoms with Gasteiger partial charge in [-0.15, -0.1) is 0 Å². The zero-order valence-corrected chi connectivity index (χ0v) is 33.0. The highest BCUT2D eigenvalue weighted by atomic mass is 15.1. The first-order valence-corrected chi connectivity index (χ1v) is 20.6. The Morgan fingerprint density at radius 2 is 0.750 bits per heavy atom. The predicted octanol–water partition coefficient (Wildman–Crippen LogP) is 16.1. The number of rotatable bonds is 8. The summed E-state index contributed by atoms with van der Waals surface area (Å²) in [4.78, 5) is 2.35. The zero-order chi connectivity index (χ0) is 39.8. The summed E-state index contributed by atoms with van der Waals surface area (Å²) >= 11 is 0. The van der Waals surface area contributed by atoms with E-state index in [2.05, 4.69) is 252 Å². The molecule has 1 aromatic heterocycles. The third kappa shape index (κ3) is 6.23. The van der Waals surface area contributed by atoms with Gasteiger partial charge >= 0.3 is 0 Å². The minimum atomic E-state index is 1.09. The molecular formula is C58H40N2. The van der Waals surface area contributed by atoms with Gasteiger partial charge in [-0.2, -0.15) is 0 Å². The van der Waals surface area contributed by atoms with Crippen LogP contribution in [0.25, 0.3) is 82.8 Å². The number of fused-ring (bicyclic) bond motifs is 5. The van der Waals surface area contributed by atoms with E-state index in [1.807, 2.05) is 0 Å². The lowest BCUT2D eigenvalue weighted by Crippen LogP contribution is -2.09. The Morgan fingerprint density at radius 1 is 0.283 bits per heavy atom. The molecule has 282 valence electrons. The average molecular weight is 765 g/mol. The molecule has 1 heterocycles. The quantitative estimate of drug-likeness (QED) is 0.150. The van der Waals surface area contributed by atoms with Crippen molar-refractivity contribution in [3.8, 4) is 50.2 Å². The summed E-state index contributed by atoms with van der Waals surface area (Å²) in [5, 5.41) is 4.98. The number of aromatic nitrogens is 1. The lowest BCUT2D eigenvalue weighted by atomic mass is 9.92. The minimum Gasteiger partial charge on any atom is -0.311 e. The second kappa shape index (κ2) is 15.1. The summed E-state index contributed by atoms with van der Waals surface area (Å²) in [5.74, 6) is 0. The van der Waals surface area contributed by atoms with Crippen LogP contribution in [0.3, 0.4) is 0 Å². The Bertz CT molecular complexity index is 3170. The molecule has 0 saturated heterocycles. The Kier molecular flexibility index (Phi) is 8.87. The summed E-state index contributed by atoms with van der Waals surface area (Å²) in [7, 11) is 0. The van der Waals surface area contributed by atoms with Crippen LogP contribution in [0, 0.1) is 0 Å². The van der Waals surface area contributed by atoms with Crippen molar-refractivity contribution in [2.24, 2.45) is 0 Å². The van der Waals surface area contributed by atoms with Gasteiger partial charge in [0.2, 0.25) is 0 Å². The van der Waals surface area contributed by atoms with Crippen LogP contribution in [0.2, 0.25) is 0 Å². The van der Waals surface area contributed by atoms with Gasteiger partial charge < -0.3 is 9.47 Å². The molecule has 0 unspecified atom stereocenters. The highest BCUT2D eigenvalue weighted by Gasteiger charge is 2.21. The van der Waals surface area contributed by atoms with Crippen molar-refractivity contribution in [3.05, 3.63) is 243 Å². The van der Waals surface area contributed by atoms with Crippen LogP contribution in [-0.4, -0.2) is 4.57 Å². The van der Waals surface area contributed by atoms with Crippen LogP contribution < -0.4 is 4.90 Å². The molecule has 60 heavy (non-hydrogen) atoms. The van der Waals surface area contributed by atoms with Crippen molar-refractivity contribution in [3.63, 3.8) is 0 Å². The molecule has 0 fully saturated rings. The molecule has 2 nitrogen and oxygen atoms in total. The number of nitrogens with zero attached hydrogens (tertiary/aromatic N) is 2. The Labute approximate surface area is 350 Å². The maximum Gasteiger partial charge on any atom is 0.0619 e. The smallest absolute Gasteiger partial charge is 0.0619 e. The molecule has 0 bridgehead atoms. The molecule has 0 N–H and O–H groups in total. The lowest BCUT2D eigenvalue weighted by Gasteiger charge is -2.26. The molecule has 11 rings (SSSR count). The summed E-state index contributed by atoms with van der Waals surface area (Å²) in [5.41, 5.74) is 16.4. The minimum absolute atomic E-state index is 1.09. The molecule has 0 aliphatic heterocycles. The zero-order valence-electron chi connectivity index (χ0n) is 33.0. The van der Waals surface area contributed by atoms with Crippen molar-refractivity contribution in [1.82, 2.24) is 4.57 Å². The van der Waals surface area contributed by atoms with Crippen molar-refractivity contribution in [2.45, 2.75) is 0 Å². The van der Waals surface area contributed by atoms with Gasteiger partial charge in [0.25, 0.3) is 0 Å². The third-order valence-corrected chi connectivity index (χ3v) is 11.8. The number of hydrogen-bond acceptors (Lipinski definition) is 1. The molecule has 10 aromatic carbocycles. The molecule has 0 aliphatic rings. The van der Waals surface area contributed by atoms with E-state index in [-0.39, 0.29) is 0 Å². The molecule has 0 radical (unpaired) electrons. The van der Waals surface area contributed by atoms with Crippen LogP contribution in [-0.2, 0) is 0 Å². The monoisotopic (exact) mass is 764 g/mol. The predicted molar refractivity (Wildman–Crippen MR) is 255 cm³/mol. The summed E-state index contributed by atoms with van der Waals surface area (Å²) in [6, 6.07) is 87.8. The van der Waals surface area contributed by atoms with Gasteiger partial charge in [0, 0.05) is 38.8 Å². The van der Waals surface area contributed by atoms with Crippen LogP contribution >= 0.6 is 0 Å². The topological polar surface area (TPSA) is 8.17 Å². The van der Waals surface area contributed by atoms with E-state index >= 15 is 0 Å². The van der Waals surface area contributed by atoms with Crippen LogP contribution in [0.4, 0.5) is 17.1 Å². The fourth-order valence-electron chi connectivity index (χ4n) is 8.96. The standard InChI is InChI=1S/C58H40N2/c1-4-15-41(16-5-1)43-27-34-48(35-28-43)59(49-36-29-44(30-37-49)42-17-6-2-7-18-42)50-38-31-46(32-39-50)51-24-14-26-56(57(51)47-20-8-3-9-21-47)60-55-25-13-12-23-53(55)54-40-33-45-19-10-11-22-52(45)58(54)60/h1-40H. The van der Waals surface area contributed by atoms with Gasteiger partial charge in [0.15, 0.2) is 0 Å². The first-order valence-electron chi connectivity index (χ1n) is 20.6. The van der Waals surface area contributed by atoms with Crippen molar-refractivity contribution in [2.75, 3.05) is 4.90 Å². The van der Waals surface area contributed by atoms with Crippen LogP contribution in [0.5, 0.6) is 0 Å². The fraction of sp³-hybridized carbons (Fsp3) is 0. The second-order valence-corrected chi connectivity index (χ2v) is 15.3. The maximum absolute atomic E-state index is 2.49. The SMILES string of the molecule is c1ccc(-c2ccc(N(c3ccc(-c4ccccc4)cc3)c3ccc(-c4cccc(-n5c6ccccc6c6ccc7ccccc7c65)c4-c4ccccc4)cc3)cc2)cc1. The maximum atomic E-state index is 2.49. The van der Waals surface area contributed by atoms with E-state index in [9.17, 15) is 0 Å². The lowest BCUT2D eigenvalue weighted by molar-refractivity contribution is 1.19. The van der Waals surface area contributed by atoms with Gasteiger partial charge in [0.05, 0.1) is 16.7 Å². The second-order valence-electron chi connectivity index (χ2n) is 15.3. The van der Waals surface area contributed by atoms with Crippen molar-refractivity contribution < 1.29 is 0 Å². The fourth-order valence-corrected chi connectivity index (χ4v) is 8.96. The molecule has 0 amide bonds. The van der Waals surface area contributed by atoms with Gasteiger partial charge in [-0.05, 0) is 92.9 Å². The molecule has 0 aliphatic carbocycles. The normalized spacial score (nSPS) is 11.3. The number of hydrogen-bond donors (Lipinski definition) is 0. The van der Waals surface area contributed by atoms with Crippen LogP contribution in [0.1, 0.15) is 0 Å². The van der Waals surface area contributed by atoms with Crippen molar-refractivity contribution >= 4 is 49.6 Å². The summed E-state index contributed by atoms with van der Waals surface area (Å²) in [6.07, 6.45) is 0. The van der Waals surface area contributed by atoms with Gasteiger partial charge in [0.1, 0.15) is 0 Å². The Hall–Kier alpha value is -7.94. The van der Waals surface area contributed by atoms with E-state index < -0.39 is 0 Å². The summed E-state index contributed by atoms with van der Waals surface area (Å²) in [6.45, 7) is 0. The largest absolute Gasteiger partial charge is 0.311 e. The average Bonchev–Trinajstić information content (AvgIpc) is 3.68. The first-order chi connectivity index (χ1) is 29.8. The highest BCUT2D eigenvalue weighted by molar-refractivity contribution is 6.19. The number of para-hydroxylation sites is 1. The van der Waals surface area contributed by atoms with E-state index in [0.29, 0.717) is 0 Å². The number of anilines is 3. The van der Waals surface area contributed by atoms with Gasteiger partial charge in [-0.25, -0.2) is 0 Å². The molecule has 11 aromatic rings. The van der Waals surface area contributed by atoms with Crippen LogP contribution in [0.15, 0.2) is 243 Å². The highest BCUT2D eigenvalue weighted by Crippen LogP contribution is 2.44. The molecular weight excluding hydrogens is 725 g/mol. The van der Waals surface area contributed by atoms with E-state index in [1.54, 1.807) is 0 Å². The molecule has 0 saturated carbocycles. The Balaban J connectivity index is 1.06. The van der Waals surface area contributed by atoms with Crippen molar-refractivity contribution in [1.29, 1.82) is 0 Å². The van der Waals surface area contributed by atoms with Gasteiger partial charge in [-0.3, -0.25) is 0 Å². The van der Waals surface area contributed by atoms with E-state index in [0.717, 1.165) is 28.3 Å². The third-order valence-electron chi connectivity index (χ3n) is 11.8. The first kappa shape index (κ1) is 35.2. The van der Waals surface area contributed by atoms with Gasteiger partial charge in [-0.1, -0.05) is 194 Å².